The first-order valence-electron chi connectivity index (χ1n) is 4.86. The van der Waals surface area contributed by atoms with E-state index in [1.54, 1.807) is 6.92 Å². The van der Waals surface area contributed by atoms with Crippen LogP contribution in [0.2, 0.25) is 0 Å². The highest BCUT2D eigenvalue weighted by atomic mass is 16.2. The minimum absolute atomic E-state index is 0.167. The second kappa shape index (κ2) is 4.26. The molecule has 0 aliphatic rings. The lowest BCUT2D eigenvalue weighted by atomic mass is 10.1. The molecular formula is C10H16N2O2. The van der Waals surface area contributed by atoms with Gasteiger partial charge in [0.15, 0.2) is 0 Å². The van der Waals surface area contributed by atoms with Crippen molar-refractivity contribution in [2.24, 2.45) is 7.05 Å². The quantitative estimate of drug-likeness (QED) is 0.774. The number of aryl methyl sites for hydroxylation is 1. The smallest absolute Gasteiger partial charge is 0.311 e. The molecule has 0 unspecified atom stereocenters. The van der Waals surface area contributed by atoms with Gasteiger partial charge in [-0.15, -0.1) is 0 Å². The van der Waals surface area contributed by atoms with Crippen LogP contribution in [0.3, 0.4) is 0 Å². The summed E-state index contributed by atoms with van der Waals surface area (Å²) in [7, 11) is 1.50. The fourth-order valence-corrected chi connectivity index (χ4v) is 1.42. The molecule has 0 aliphatic heterocycles. The van der Waals surface area contributed by atoms with Gasteiger partial charge in [-0.3, -0.25) is 9.36 Å². The van der Waals surface area contributed by atoms with Gasteiger partial charge in [-0.1, -0.05) is 13.3 Å². The van der Waals surface area contributed by atoms with Crippen LogP contribution in [-0.2, 0) is 13.5 Å². The van der Waals surface area contributed by atoms with E-state index in [4.69, 9.17) is 0 Å². The molecule has 1 aromatic rings. The molecule has 0 atom stereocenters. The molecule has 0 saturated carbocycles. The molecule has 0 aromatic carbocycles. The van der Waals surface area contributed by atoms with Crippen molar-refractivity contribution in [2.75, 3.05) is 0 Å². The van der Waals surface area contributed by atoms with Crippen LogP contribution in [0.4, 0.5) is 0 Å². The maximum absolute atomic E-state index is 11.7. The Bertz CT molecular complexity index is 429. The summed E-state index contributed by atoms with van der Waals surface area (Å²) in [6.45, 7) is 3.85. The van der Waals surface area contributed by atoms with Crippen molar-refractivity contribution < 1.29 is 0 Å². The summed E-state index contributed by atoms with van der Waals surface area (Å²) >= 11 is 0. The average molecular weight is 196 g/mol. The largest absolute Gasteiger partial charge is 0.328 e. The Balaban J connectivity index is 3.23. The van der Waals surface area contributed by atoms with Gasteiger partial charge >= 0.3 is 5.69 Å². The highest BCUT2D eigenvalue weighted by Crippen LogP contribution is 2.01. The number of hydrogen-bond donors (Lipinski definition) is 1. The topological polar surface area (TPSA) is 54.9 Å². The zero-order chi connectivity index (χ0) is 10.7. The van der Waals surface area contributed by atoms with Crippen LogP contribution in [0.5, 0.6) is 0 Å². The van der Waals surface area contributed by atoms with Crippen LogP contribution in [0.25, 0.3) is 0 Å². The van der Waals surface area contributed by atoms with Gasteiger partial charge in [-0.05, 0) is 19.8 Å². The average Bonchev–Trinajstić information content (AvgIpc) is 2.14. The number of aromatic amines is 1. The predicted molar refractivity (Wildman–Crippen MR) is 55.7 cm³/mol. The van der Waals surface area contributed by atoms with E-state index >= 15 is 0 Å². The Morgan fingerprint density at radius 2 is 2.00 bits per heavy atom. The standard InChI is InChI=1S/C10H16N2O2/c1-4-5-6-8-7(2)11-10(14)12(3)9(8)13/h4-6H2,1-3H3,(H,11,14). The van der Waals surface area contributed by atoms with E-state index in [1.807, 2.05) is 0 Å². The molecule has 4 heteroatoms. The molecule has 0 aliphatic carbocycles. The Hall–Kier alpha value is -1.32. The summed E-state index contributed by atoms with van der Waals surface area (Å²) in [6.07, 6.45) is 2.76. The maximum atomic E-state index is 11.7. The van der Waals surface area contributed by atoms with E-state index < -0.39 is 0 Å². The lowest BCUT2D eigenvalue weighted by Gasteiger charge is -2.05. The summed E-state index contributed by atoms with van der Waals surface area (Å²) in [5, 5.41) is 0. The van der Waals surface area contributed by atoms with Crippen molar-refractivity contribution in [3.05, 3.63) is 32.1 Å². The summed E-state index contributed by atoms with van der Waals surface area (Å²) in [6, 6.07) is 0. The molecule has 14 heavy (non-hydrogen) atoms. The van der Waals surface area contributed by atoms with E-state index in [2.05, 4.69) is 11.9 Å². The zero-order valence-corrected chi connectivity index (χ0v) is 8.89. The second-order valence-corrected chi connectivity index (χ2v) is 3.50. The molecule has 0 spiro atoms. The first kappa shape index (κ1) is 10.8. The van der Waals surface area contributed by atoms with Gasteiger partial charge in [0.1, 0.15) is 0 Å². The van der Waals surface area contributed by atoms with E-state index in [1.165, 1.54) is 7.05 Å². The first-order valence-corrected chi connectivity index (χ1v) is 4.86. The van der Waals surface area contributed by atoms with Crippen molar-refractivity contribution in [3.63, 3.8) is 0 Å². The monoisotopic (exact) mass is 196 g/mol. The summed E-state index contributed by atoms with van der Waals surface area (Å²) in [5.41, 5.74) is 0.924. The third-order valence-corrected chi connectivity index (χ3v) is 2.39. The molecule has 0 amide bonds. The summed E-state index contributed by atoms with van der Waals surface area (Å²) < 4.78 is 1.12. The third kappa shape index (κ3) is 1.95. The first-order chi connectivity index (χ1) is 6.57. The molecule has 78 valence electrons. The number of aromatic nitrogens is 2. The SMILES string of the molecule is CCCCc1c(C)[nH]c(=O)n(C)c1=O. The van der Waals surface area contributed by atoms with Crippen LogP contribution in [-0.4, -0.2) is 9.55 Å². The van der Waals surface area contributed by atoms with Crippen molar-refractivity contribution in [2.45, 2.75) is 33.1 Å². The highest BCUT2D eigenvalue weighted by Gasteiger charge is 2.07. The van der Waals surface area contributed by atoms with Gasteiger partial charge in [0, 0.05) is 18.3 Å². The van der Waals surface area contributed by atoms with E-state index in [9.17, 15) is 9.59 Å². The molecule has 1 rings (SSSR count). The number of rotatable bonds is 3. The molecule has 0 saturated heterocycles. The van der Waals surface area contributed by atoms with Crippen LogP contribution >= 0.6 is 0 Å². The van der Waals surface area contributed by atoms with Gasteiger partial charge < -0.3 is 4.98 Å². The van der Waals surface area contributed by atoms with Gasteiger partial charge in [-0.25, -0.2) is 4.79 Å². The maximum Gasteiger partial charge on any atom is 0.328 e. The zero-order valence-electron chi connectivity index (χ0n) is 8.89. The number of H-pyrrole nitrogens is 1. The number of unbranched alkanes of at least 4 members (excludes halogenated alkanes) is 1. The molecule has 4 nitrogen and oxygen atoms in total. The Morgan fingerprint density at radius 1 is 1.36 bits per heavy atom. The molecule has 0 radical (unpaired) electrons. The van der Waals surface area contributed by atoms with Crippen LogP contribution < -0.4 is 11.2 Å². The van der Waals surface area contributed by atoms with Gasteiger partial charge in [0.2, 0.25) is 0 Å². The normalized spacial score (nSPS) is 10.5. The number of hydrogen-bond acceptors (Lipinski definition) is 2. The van der Waals surface area contributed by atoms with Gasteiger partial charge in [-0.2, -0.15) is 0 Å². The van der Waals surface area contributed by atoms with Crippen LogP contribution in [0, 0.1) is 6.92 Å². The van der Waals surface area contributed by atoms with E-state index in [0.29, 0.717) is 5.69 Å². The second-order valence-electron chi connectivity index (χ2n) is 3.50. The van der Waals surface area contributed by atoms with Gasteiger partial charge in [0.05, 0.1) is 0 Å². The molecule has 1 heterocycles. The third-order valence-electron chi connectivity index (χ3n) is 2.39. The van der Waals surface area contributed by atoms with Crippen molar-refractivity contribution in [3.8, 4) is 0 Å². The minimum Gasteiger partial charge on any atom is -0.311 e. The van der Waals surface area contributed by atoms with Crippen molar-refractivity contribution in [1.29, 1.82) is 0 Å². The van der Waals surface area contributed by atoms with Crippen molar-refractivity contribution in [1.82, 2.24) is 9.55 Å². The molecular weight excluding hydrogens is 180 g/mol. The van der Waals surface area contributed by atoms with Crippen molar-refractivity contribution >= 4 is 0 Å². The summed E-state index contributed by atoms with van der Waals surface area (Å²) in [5.74, 6) is 0. The van der Waals surface area contributed by atoms with E-state index in [-0.39, 0.29) is 11.2 Å². The lowest BCUT2D eigenvalue weighted by Crippen LogP contribution is -2.35. The lowest BCUT2D eigenvalue weighted by molar-refractivity contribution is 0.710. The Morgan fingerprint density at radius 3 is 2.57 bits per heavy atom. The molecule has 1 N–H and O–H groups in total. The Kier molecular flexibility index (Phi) is 3.28. The Labute approximate surface area is 82.6 Å². The molecule has 1 aromatic heterocycles. The van der Waals surface area contributed by atoms with Crippen LogP contribution in [0.15, 0.2) is 9.59 Å². The molecule has 0 bridgehead atoms. The molecule has 0 fully saturated rings. The van der Waals surface area contributed by atoms with E-state index in [0.717, 1.165) is 29.4 Å². The predicted octanol–water partition coefficient (Wildman–Crippen LogP) is 0.725. The van der Waals surface area contributed by atoms with Gasteiger partial charge in [0.25, 0.3) is 5.56 Å². The minimum atomic E-state index is -0.340. The summed E-state index contributed by atoms with van der Waals surface area (Å²) in [4.78, 5) is 25.5. The number of nitrogens with one attached hydrogen (secondary N) is 1. The van der Waals surface area contributed by atoms with Crippen LogP contribution in [0.1, 0.15) is 31.0 Å². The fraction of sp³-hybridized carbons (Fsp3) is 0.600. The highest BCUT2D eigenvalue weighted by molar-refractivity contribution is 5.15. The fourth-order valence-electron chi connectivity index (χ4n) is 1.42. The number of nitrogens with zero attached hydrogens (tertiary/aromatic N) is 1.